The van der Waals surface area contributed by atoms with E-state index < -0.39 is 47.7 Å². The first-order valence-corrected chi connectivity index (χ1v) is 12.1. The van der Waals surface area contributed by atoms with E-state index in [9.17, 15) is 24.0 Å². The van der Waals surface area contributed by atoms with E-state index in [1.54, 1.807) is 0 Å². The highest BCUT2D eigenvalue weighted by atomic mass is 16.2. The van der Waals surface area contributed by atoms with Crippen molar-refractivity contribution in [2.24, 2.45) is 23.0 Å². The zero-order valence-electron chi connectivity index (χ0n) is 20.5. The molecular formula is C24H39N5O5. The highest BCUT2D eigenvalue weighted by Gasteiger charge is 2.50. The maximum absolute atomic E-state index is 13.8. The molecule has 2 rings (SSSR count). The number of carbonyl (C=O) groups excluding carboxylic acids is 5. The smallest absolute Gasteiger partial charge is 0.312 e. The Bertz CT molecular complexity index is 808. The normalized spacial score (nSPS) is 24.6. The lowest BCUT2D eigenvalue weighted by Gasteiger charge is -2.42. The molecule has 10 nitrogen and oxygen atoms in total. The van der Waals surface area contributed by atoms with E-state index in [-0.39, 0.29) is 24.3 Å². The predicted octanol–water partition coefficient (Wildman–Crippen LogP) is 0.854. The Kier molecular flexibility index (Phi) is 9.64. The van der Waals surface area contributed by atoms with E-state index in [4.69, 9.17) is 5.73 Å². The molecule has 34 heavy (non-hydrogen) atoms. The zero-order chi connectivity index (χ0) is 25.5. The molecule has 5 N–H and O–H groups in total. The summed E-state index contributed by atoms with van der Waals surface area (Å²) in [6.07, 6.45) is 6.74. The largest absolute Gasteiger partial charge is 0.352 e. The van der Waals surface area contributed by atoms with E-state index in [1.807, 2.05) is 20.8 Å². The molecule has 1 saturated carbocycles. The monoisotopic (exact) mass is 477 g/mol. The average Bonchev–Trinajstić information content (AvgIpc) is 3.15. The molecule has 1 heterocycles. The van der Waals surface area contributed by atoms with Gasteiger partial charge in [-0.05, 0) is 30.1 Å². The van der Waals surface area contributed by atoms with Crippen LogP contribution in [0.1, 0.15) is 59.3 Å². The number of nitrogens with one attached hydrogen (secondary N) is 3. The van der Waals surface area contributed by atoms with Gasteiger partial charge >= 0.3 is 6.03 Å². The minimum Gasteiger partial charge on any atom is -0.352 e. The second kappa shape index (κ2) is 12.0. The average molecular weight is 478 g/mol. The first-order chi connectivity index (χ1) is 16.1. The van der Waals surface area contributed by atoms with Gasteiger partial charge in [-0.15, -0.1) is 6.58 Å². The first kappa shape index (κ1) is 27.3. The number of rotatable bonds is 10. The molecule has 190 valence electrons. The highest BCUT2D eigenvalue weighted by molar-refractivity contribution is 6.37. The number of hydrogen-bond acceptors (Lipinski definition) is 5. The third-order valence-corrected chi connectivity index (χ3v) is 7.39. The molecule has 0 unspecified atom stereocenters. The van der Waals surface area contributed by atoms with Crippen molar-refractivity contribution in [1.82, 2.24) is 20.9 Å². The lowest BCUT2D eigenvalue weighted by molar-refractivity contribution is -0.144. The number of likely N-dealkylation sites (tertiary alicyclic amines) is 1. The standard InChI is InChI=1S/C24H39N5O5/c1-5-12-26-20(31)17(30)13-27-21(32)18-15(3)16(6-2)14-29(18)22(33)19(28-23(25)34)24(4)10-8-7-9-11-24/h5,15-16,18-19H,1,6-14H2,2-4H3,(H,26,31)(H,27,32)(H3,25,28,34)/t15-,16-,18-,19+/m0/s1. The van der Waals surface area contributed by atoms with E-state index in [0.717, 1.165) is 38.5 Å². The van der Waals surface area contributed by atoms with Crippen molar-refractivity contribution >= 4 is 29.5 Å². The van der Waals surface area contributed by atoms with Crippen LogP contribution < -0.4 is 21.7 Å². The SMILES string of the molecule is C=CCNC(=O)C(=O)CNC(=O)[C@@H]1[C@@H](C)[C@@H](CC)CN1C(=O)[C@@H](NC(N)=O)C1(C)CCCCC1. The first-order valence-electron chi connectivity index (χ1n) is 12.1. The zero-order valence-corrected chi connectivity index (χ0v) is 20.5. The van der Waals surface area contributed by atoms with Crippen molar-refractivity contribution in [2.45, 2.75) is 71.4 Å². The van der Waals surface area contributed by atoms with Crippen molar-refractivity contribution < 1.29 is 24.0 Å². The van der Waals surface area contributed by atoms with Gasteiger partial charge in [-0.3, -0.25) is 19.2 Å². The van der Waals surface area contributed by atoms with E-state index in [0.29, 0.717) is 6.54 Å². The Morgan fingerprint density at radius 1 is 1.15 bits per heavy atom. The van der Waals surface area contributed by atoms with Crippen LogP contribution in [0.2, 0.25) is 0 Å². The number of amides is 5. The van der Waals surface area contributed by atoms with E-state index in [2.05, 4.69) is 22.5 Å². The van der Waals surface area contributed by atoms with Gasteiger partial charge in [0.1, 0.15) is 12.1 Å². The van der Waals surface area contributed by atoms with E-state index >= 15 is 0 Å². The van der Waals surface area contributed by atoms with Gasteiger partial charge in [0.05, 0.1) is 6.54 Å². The highest BCUT2D eigenvalue weighted by Crippen LogP contribution is 2.41. The van der Waals surface area contributed by atoms with Gasteiger partial charge in [-0.1, -0.05) is 52.5 Å². The van der Waals surface area contributed by atoms with Crippen molar-refractivity contribution in [3.05, 3.63) is 12.7 Å². The Labute approximate surface area is 201 Å². The van der Waals surface area contributed by atoms with Crippen LogP contribution in [-0.4, -0.2) is 66.2 Å². The van der Waals surface area contributed by atoms with Crippen LogP contribution in [-0.2, 0) is 19.2 Å². The summed E-state index contributed by atoms with van der Waals surface area (Å²) in [5, 5.41) is 7.57. The number of hydrogen-bond donors (Lipinski definition) is 4. The number of ketones is 1. The van der Waals surface area contributed by atoms with Gasteiger partial charge in [0.2, 0.25) is 17.6 Å². The lowest BCUT2D eigenvalue weighted by Crippen LogP contribution is -2.60. The van der Waals surface area contributed by atoms with Crippen LogP contribution in [0.5, 0.6) is 0 Å². The summed E-state index contributed by atoms with van der Waals surface area (Å²) >= 11 is 0. The second-order valence-corrected chi connectivity index (χ2v) is 9.76. The predicted molar refractivity (Wildman–Crippen MR) is 127 cm³/mol. The summed E-state index contributed by atoms with van der Waals surface area (Å²) in [5.41, 5.74) is 4.97. The molecule has 0 aromatic rings. The summed E-state index contributed by atoms with van der Waals surface area (Å²) in [6.45, 7) is 9.41. The number of nitrogens with zero attached hydrogens (tertiary/aromatic N) is 1. The fraction of sp³-hybridized carbons (Fsp3) is 0.708. The maximum atomic E-state index is 13.8. The summed E-state index contributed by atoms with van der Waals surface area (Å²) in [4.78, 5) is 64.2. The number of carbonyl (C=O) groups is 5. The molecule has 1 aliphatic heterocycles. The molecule has 0 aromatic carbocycles. The Morgan fingerprint density at radius 3 is 2.35 bits per heavy atom. The Morgan fingerprint density at radius 2 is 1.79 bits per heavy atom. The van der Waals surface area contributed by atoms with Crippen molar-refractivity contribution in [3.8, 4) is 0 Å². The van der Waals surface area contributed by atoms with Crippen molar-refractivity contribution in [3.63, 3.8) is 0 Å². The van der Waals surface area contributed by atoms with Crippen LogP contribution >= 0.6 is 0 Å². The molecule has 1 saturated heterocycles. The van der Waals surface area contributed by atoms with Gasteiger partial charge in [0, 0.05) is 13.1 Å². The van der Waals surface area contributed by atoms with Gasteiger partial charge in [0.15, 0.2) is 0 Å². The van der Waals surface area contributed by atoms with Gasteiger partial charge in [0.25, 0.3) is 5.91 Å². The van der Waals surface area contributed by atoms with Gasteiger partial charge in [-0.25, -0.2) is 4.79 Å². The molecule has 0 spiro atoms. The number of Topliss-reactive ketones (excluding diaryl/α,β-unsaturated/α-hetero) is 1. The quantitative estimate of drug-likeness (QED) is 0.272. The van der Waals surface area contributed by atoms with Crippen LogP contribution in [0.15, 0.2) is 12.7 Å². The van der Waals surface area contributed by atoms with Gasteiger partial charge < -0.3 is 26.6 Å². The van der Waals surface area contributed by atoms with Crippen molar-refractivity contribution in [2.75, 3.05) is 19.6 Å². The molecular weight excluding hydrogens is 438 g/mol. The summed E-state index contributed by atoms with van der Waals surface area (Å²) in [7, 11) is 0. The van der Waals surface area contributed by atoms with Crippen LogP contribution in [0, 0.1) is 17.3 Å². The summed E-state index contributed by atoms with van der Waals surface area (Å²) in [6, 6.07) is -2.43. The van der Waals surface area contributed by atoms with Gasteiger partial charge in [-0.2, -0.15) is 0 Å². The number of urea groups is 1. The Balaban J connectivity index is 2.22. The van der Waals surface area contributed by atoms with Crippen LogP contribution in [0.4, 0.5) is 4.79 Å². The fourth-order valence-corrected chi connectivity index (χ4v) is 5.29. The molecule has 0 aromatic heterocycles. The molecule has 5 amide bonds. The maximum Gasteiger partial charge on any atom is 0.312 e. The summed E-state index contributed by atoms with van der Waals surface area (Å²) < 4.78 is 0. The Hall–Kier alpha value is -2.91. The molecule has 0 radical (unpaired) electrons. The molecule has 4 atom stereocenters. The molecule has 0 bridgehead atoms. The fourth-order valence-electron chi connectivity index (χ4n) is 5.29. The molecule has 1 aliphatic carbocycles. The minimum absolute atomic E-state index is 0.0830. The van der Waals surface area contributed by atoms with E-state index in [1.165, 1.54) is 11.0 Å². The third-order valence-electron chi connectivity index (χ3n) is 7.39. The molecule has 2 fully saturated rings. The number of nitrogens with two attached hydrogens (primary N) is 1. The topological polar surface area (TPSA) is 151 Å². The minimum atomic E-state index is -0.838. The van der Waals surface area contributed by atoms with Crippen LogP contribution in [0.25, 0.3) is 0 Å². The molecule has 10 heteroatoms. The second-order valence-electron chi connectivity index (χ2n) is 9.76. The lowest BCUT2D eigenvalue weighted by atomic mass is 9.70. The number of primary amides is 1. The molecule has 2 aliphatic rings. The van der Waals surface area contributed by atoms with Crippen molar-refractivity contribution in [1.29, 1.82) is 0 Å². The van der Waals surface area contributed by atoms with Crippen LogP contribution in [0.3, 0.4) is 0 Å². The third kappa shape index (κ3) is 6.36. The summed E-state index contributed by atoms with van der Waals surface area (Å²) in [5.74, 6) is -2.50.